The maximum absolute atomic E-state index is 12.8. The van der Waals surface area contributed by atoms with E-state index in [4.69, 9.17) is 0 Å². The number of sulfonamides is 1. The summed E-state index contributed by atoms with van der Waals surface area (Å²) in [6, 6.07) is 9.23. The molecule has 0 radical (unpaired) electrons. The molecule has 7 heteroatoms. The maximum atomic E-state index is 12.8. The van der Waals surface area contributed by atoms with Crippen molar-refractivity contribution in [2.24, 2.45) is 0 Å². The van der Waals surface area contributed by atoms with Crippen LogP contribution in [0.2, 0.25) is 0 Å². The summed E-state index contributed by atoms with van der Waals surface area (Å²) in [4.78, 5) is 11.7. The van der Waals surface area contributed by atoms with Gasteiger partial charge in [-0.2, -0.15) is 0 Å². The molecule has 5 nitrogen and oxygen atoms in total. The number of rotatable bonds is 4. The Morgan fingerprint density at radius 1 is 1.09 bits per heavy atom. The van der Waals surface area contributed by atoms with Crippen molar-refractivity contribution in [2.45, 2.75) is 11.8 Å². The van der Waals surface area contributed by atoms with Crippen molar-refractivity contribution < 1.29 is 17.6 Å². The van der Waals surface area contributed by atoms with Gasteiger partial charge in [-0.05, 0) is 48.9 Å². The fourth-order valence-electron chi connectivity index (χ4n) is 1.88. The van der Waals surface area contributed by atoms with Gasteiger partial charge in [0.15, 0.2) is 0 Å². The molecule has 0 atom stereocenters. The third-order valence-corrected chi connectivity index (χ3v) is 4.47. The van der Waals surface area contributed by atoms with Crippen molar-refractivity contribution in [3.8, 4) is 0 Å². The van der Waals surface area contributed by atoms with Crippen LogP contribution in [-0.4, -0.2) is 21.4 Å². The summed E-state index contributed by atoms with van der Waals surface area (Å²) in [5, 5.41) is 2.46. The van der Waals surface area contributed by atoms with Crippen LogP contribution >= 0.6 is 0 Å². The van der Waals surface area contributed by atoms with Crippen molar-refractivity contribution in [2.75, 3.05) is 11.8 Å². The number of hydrogen-bond donors (Lipinski definition) is 2. The lowest BCUT2D eigenvalue weighted by atomic mass is 10.1. The SMILES string of the molecule is CNC(=O)c1cc(S(=O)(=O)Nc2ccc(F)cc2)ccc1C. The minimum atomic E-state index is -3.86. The highest BCUT2D eigenvalue weighted by molar-refractivity contribution is 7.92. The summed E-state index contributed by atoms with van der Waals surface area (Å²) in [6.07, 6.45) is 0. The number of halogens is 1. The molecule has 0 aliphatic heterocycles. The Kier molecular flexibility index (Phi) is 4.46. The third kappa shape index (κ3) is 3.43. The lowest BCUT2D eigenvalue weighted by Gasteiger charge is -2.11. The Labute approximate surface area is 128 Å². The van der Waals surface area contributed by atoms with Crippen LogP contribution in [0.3, 0.4) is 0 Å². The Morgan fingerprint density at radius 3 is 2.32 bits per heavy atom. The molecule has 0 spiro atoms. The second kappa shape index (κ2) is 6.15. The molecule has 0 saturated carbocycles. The smallest absolute Gasteiger partial charge is 0.261 e. The molecule has 0 saturated heterocycles. The fraction of sp³-hybridized carbons (Fsp3) is 0.133. The molecule has 116 valence electrons. The number of anilines is 1. The summed E-state index contributed by atoms with van der Waals surface area (Å²) in [5.74, 6) is -0.823. The summed E-state index contributed by atoms with van der Waals surface area (Å²) >= 11 is 0. The third-order valence-electron chi connectivity index (χ3n) is 3.09. The average Bonchev–Trinajstić information content (AvgIpc) is 2.49. The zero-order valence-corrected chi connectivity index (χ0v) is 12.9. The lowest BCUT2D eigenvalue weighted by Crippen LogP contribution is -2.20. The number of amides is 1. The van der Waals surface area contributed by atoms with Gasteiger partial charge in [-0.1, -0.05) is 6.07 Å². The zero-order valence-electron chi connectivity index (χ0n) is 12.1. The first kappa shape index (κ1) is 16.0. The fourth-order valence-corrected chi connectivity index (χ4v) is 2.96. The second-order valence-corrected chi connectivity index (χ2v) is 6.35. The van der Waals surface area contributed by atoms with E-state index in [0.717, 1.165) is 12.1 Å². The Hall–Kier alpha value is -2.41. The van der Waals surface area contributed by atoms with Gasteiger partial charge in [-0.15, -0.1) is 0 Å². The molecule has 2 aromatic carbocycles. The van der Waals surface area contributed by atoms with Gasteiger partial charge in [0.25, 0.3) is 15.9 Å². The highest BCUT2D eigenvalue weighted by Gasteiger charge is 2.17. The van der Waals surface area contributed by atoms with Gasteiger partial charge in [0.2, 0.25) is 0 Å². The van der Waals surface area contributed by atoms with E-state index >= 15 is 0 Å². The van der Waals surface area contributed by atoms with Gasteiger partial charge >= 0.3 is 0 Å². The van der Waals surface area contributed by atoms with Gasteiger partial charge < -0.3 is 5.32 Å². The zero-order chi connectivity index (χ0) is 16.3. The monoisotopic (exact) mass is 322 g/mol. The van der Waals surface area contributed by atoms with Crippen molar-refractivity contribution in [1.82, 2.24) is 5.32 Å². The van der Waals surface area contributed by atoms with Crippen LogP contribution in [0.15, 0.2) is 47.4 Å². The molecule has 1 amide bonds. The van der Waals surface area contributed by atoms with Gasteiger partial charge in [0, 0.05) is 18.3 Å². The summed E-state index contributed by atoms with van der Waals surface area (Å²) in [5.41, 5.74) is 1.19. The van der Waals surface area contributed by atoms with E-state index in [1.165, 1.54) is 31.3 Å². The number of carbonyl (C=O) groups excluding carboxylic acids is 1. The van der Waals surface area contributed by atoms with Crippen LogP contribution in [-0.2, 0) is 10.0 Å². The van der Waals surface area contributed by atoms with Crippen molar-refractivity contribution >= 4 is 21.6 Å². The molecule has 2 rings (SSSR count). The molecule has 0 aromatic heterocycles. The minimum Gasteiger partial charge on any atom is -0.355 e. The van der Waals surface area contributed by atoms with Gasteiger partial charge in [0.05, 0.1) is 4.90 Å². The van der Waals surface area contributed by atoms with Gasteiger partial charge in [-0.3, -0.25) is 9.52 Å². The van der Waals surface area contributed by atoms with Gasteiger partial charge in [-0.25, -0.2) is 12.8 Å². The van der Waals surface area contributed by atoms with Crippen molar-refractivity contribution in [3.05, 3.63) is 59.4 Å². The van der Waals surface area contributed by atoms with Crippen LogP contribution in [0.5, 0.6) is 0 Å². The van der Waals surface area contributed by atoms with Crippen molar-refractivity contribution in [3.63, 3.8) is 0 Å². The minimum absolute atomic E-state index is 0.0407. The molecule has 2 aromatic rings. The van der Waals surface area contributed by atoms with Crippen LogP contribution in [0.25, 0.3) is 0 Å². The van der Waals surface area contributed by atoms with E-state index in [1.54, 1.807) is 13.0 Å². The average molecular weight is 322 g/mol. The normalized spacial score (nSPS) is 11.0. The van der Waals surface area contributed by atoms with Crippen LogP contribution in [0, 0.1) is 12.7 Å². The maximum Gasteiger partial charge on any atom is 0.261 e. The van der Waals surface area contributed by atoms with E-state index in [1.807, 2.05) is 0 Å². The molecule has 0 aliphatic carbocycles. The predicted octanol–water partition coefficient (Wildman–Crippen LogP) is 2.29. The summed E-state index contributed by atoms with van der Waals surface area (Å²) in [6.45, 7) is 1.72. The first-order valence-corrected chi connectivity index (χ1v) is 7.93. The van der Waals surface area contributed by atoms with E-state index < -0.39 is 15.8 Å². The molecular weight excluding hydrogens is 307 g/mol. The van der Waals surface area contributed by atoms with Gasteiger partial charge in [0.1, 0.15) is 5.82 Å². The lowest BCUT2D eigenvalue weighted by molar-refractivity contribution is 0.0962. The highest BCUT2D eigenvalue weighted by Crippen LogP contribution is 2.19. The van der Waals surface area contributed by atoms with Crippen LogP contribution < -0.4 is 10.0 Å². The van der Waals surface area contributed by atoms with E-state index in [0.29, 0.717) is 5.56 Å². The predicted molar refractivity (Wildman–Crippen MR) is 81.8 cm³/mol. The first-order chi connectivity index (χ1) is 10.3. The molecule has 0 unspecified atom stereocenters. The van der Waals surface area contributed by atoms with Crippen molar-refractivity contribution in [1.29, 1.82) is 0 Å². The molecular formula is C15H15FN2O3S. The topological polar surface area (TPSA) is 75.3 Å². The Balaban J connectivity index is 2.37. The van der Waals surface area contributed by atoms with E-state index in [9.17, 15) is 17.6 Å². The largest absolute Gasteiger partial charge is 0.355 e. The molecule has 0 bridgehead atoms. The second-order valence-electron chi connectivity index (χ2n) is 4.67. The number of nitrogens with one attached hydrogen (secondary N) is 2. The number of carbonyl (C=O) groups is 1. The number of hydrogen-bond acceptors (Lipinski definition) is 3. The molecule has 2 N–H and O–H groups in total. The van der Waals surface area contributed by atoms with Crippen LogP contribution in [0.4, 0.5) is 10.1 Å². The summed E-state index contributed by atoms with van der Waals surface area (Å²) < 4.78 is 39.8. The number of aryl methyl sites for hydroxylation is 1. The highest BCUT2D eigenvalue weighted by atomic mass is 32.2. The molecule has 0 fully saturated rings. The quantitative estimate of drug-likeness (QED) is 0.907. The van der Waals surface area contributed by atoms with E-state index in [-0.39, 0.29) is 22.1 Å². The Morgan fingerprint density at radius 2 is 1.73 bits per heavy atom. The van der Waals surface area contributed by atoms with E-state index in [2.05, 4.69) is 10.0 Å². The number of benzene rings is 2. The Bertz CT molecular complexity index is 802. The molecule has 0 heterocycles. The van der Waals surface area contributed by atoms with Crippen LogP contribution in [0.1, 0.15) is 15.9 Å². The molecule has 0 aliphatic rings. The summed E-state index contributed by atoms with van der Waals surface area (Å²) in [7, 11) is -2.39. The first-order valence-electron chi connectivity index (χ1n) is 6.44. The molecule has 22 heavy (non-hydrogen) atoms. The standard InChI is InChI=1S/C15H15FN2O3S/c1-10-3-8-13(9-14(10)15(19)17-2)22(20,21)18-12-6-4-11(16)5-7-12/h3-9,18H,1-2H3,(H,17,19).